The molecule has 1 N–H and O–H groups in total. The molecule has 0 aromatic heterocycles. The van der Waals surface area contributed by atoms with Gasteiger partial charge in [-0.2, -0.15) is 0 Å². The lowest BCUT2D eigenvalue weighted by atomic mass is 9.94. The predicted molar refractivity (Wildman–Crippen MR) is 78.9 cm³/mol. The molecule has 0 aromatic carbocycles. The Labute approximate surface area is 114 Å². The topological polar surface area (TPSA) is 15.3 Å². The first-order valence-corrected chi connectivity index (χ1v) is 8.07. The first-order valence-electron chi connectivity index (χ1n) is 8.07. The molecule has 106 valence electrons. The minimum atomic E-state index is 0.699. The van der Waals surface area contributed by atoms with Gasteiger partial charge >= 0.3 is 0 Å². The van der Waals surface area contributed by atoms with Gasteiger partial charge in [-0.1, -0.05) is 34.1 Å². The Kier molecular flexibility index (Phi) is 4.71. The summed E-state index contributed by atoms with van der Waals surface area (Å²) in [5.74, 6) is 0.756. The number of hydrogen-bond donors (Lipinski definition) is 1. The van der Waals surface area contributed by atoms with Gasteiger partial charge in [0.2, 0.25) is 0 Å². The summed E-state index contributed by atoms with van der Waals surface area (Å²) in [6.45, 7) is 13.2. The quantitative estimate of drug-likeness (QED) is 0.780. The van der Waals surface area contributed by atoms with Crippen LogP contribution in [0.1, 0.15) is 59.8 Å². The lowest BCUT2D eigenvalue weighted by molar-refractivity contribution is 0.0853. The standard InChI is InChI=1S/C16H32N2/c1-5-7-16(8-9-16)12-18-11-15(13(3)4)17-10-14(18)6-2/h13-15,17H,5-12H2,1-4H3. The SMILES string of the molecule is CCCC1(CN2CC(C(C)C)NCC2CC)CC1. The maximum absolute atomic E-state index is 3.75. The molecule has 2 nitrogen and oxygen atoms in total. The highest BCUT2D eigenvalue weighted by molar-refractivity contribution is 4.98. The third kappa shape index (κ3) is 3.27. The fourth-order valence-corrected chi connectivity index (χ4v) is 3.55. The molecule has 2 atom stereocenters. The van der Waals surface area contributed by atoms with E-state index in [1.54, 1.807) is 0 Å². The molecule has 0 radical (unpaired) electrons. The highest BCUT2D eigenvalue weighted by Crippen LogP contribution is 2.50. The van der Waals surface area contributed by atoms with Gasteiger partial charge in [-0.25, -0.2) is 0 Å². The Morgan fingerprint density at radius 3 is 2.50 bits per heavy atom. The Balaban J connectivity index is 1.94. The first-order chi connectivity index (χ1) is 8.60. The van der Waals surface area contributed by atoms with Gasteiger partial charge in [0.25, 0.3) is 0 Å². The maximum atomic E-state index is 3.75. The van der Waals surface area contributed by atoms with Crippen LogP contribution in [0, 0.1) is 11.3 Å². The summed E-state index contributed by atoms with van der Waals surface area (Å²) in [5, 5.41) is 3.75. The van der Waals surface area contributed by atoms with Gasteiger partial charge in [0, 0.05) is 31.7 Å². The minimum absolute atomic E-state index is 0.699. The van der Waals surface area contributed by atoms with Crippen molar-refractivity contribution in [2.75, 3.05) is 19.6 Å². The van der Waals surface area contributed by atoms with Crippen LogP contribution < -0.4 is 5.32 Å². The van der Waals surface area contributed by atoms with Crippen LogP contribution in [-0.4, -0.2) is 36.6 Å². The lowest BCUT2D eigenvalue weighted by Gasteiger charge is -2.43. The summed E-state index contributed by atoms with van der Waals surface area (Å²) in [6, 6.07) is 1.47. The summed E-state index contributed by atoms with van der Waals surface area (Å²) < 4.78 is 0. The molecule has 1 saturated carbocycles. The summed E-state index contributed by atoms with van der Waals surface area (Å²) in [7, 11) is 0. The molecule has 0 spiro atoms. The second-order valence-electron chi connectivity index (χ2n) is 7.00. The third-order valence-electron chi connectivity index (χ3n) is 5.12. The van der Waals surface area contributed by atoms with Crippen LogP contribution in [0.3, 0.4) is 0 Å². The van der Waals surface area contributed by atoms with Crippen molar-refractivity contribution in [3.05, 3.63) is 0 Å². The molecule has 2 aliphatic rings. The van der Waals surface area contributed by atoms with Gasteiger partial charge in [0.15, 0.2) is 0 Å². The van der Waals surface area contributed by atoms with Crippen LogP contribution in [0.5, 0.6) is 0 Å². The van der Waals surface area contributed by atoms with Gasteiger partial charge in [0.1, 0.15) is 0 Å². The molecule has 2 rings (SSSR count). The highest BCUT2D eigenvalue weighted by atomic mass is 15.2. The van der Waals surface area contributed by atoms with Crippen molar-refractivity contribution in [3.63, 3.8) is 0 Å². The van der Waals surface area contributed by atoms with E-state index in [0.29, 0.717) is 11.5 Å². The van der Waals surface area contributed by atoms with E-state index in [4.69, 9.17) is 0 Å². The van der Waals surface area contributed by atoms with Gasteiger partial charge in [-0.3, -0.25) is 4.90 Å². The van der Waals surface area contributed by atoms with E-state index in [1.165, 1.54) is 51.7 Å². The van der Waals surface area contributed by atoms with Crippen molar-refractivity contribution in [2.24, 2.45) is 11.3 Å². The molecule has 2 unspecified atom stereocenters. The van der Waals surface area contributed by atoms with E-state index >= 15 is 0 Å². The van der Waals surface area contributed by atoms with Crippen LogP contribution >= 0.6 is 0 Å². The Morgan fingerprint density at radius 1 is 1.28 bits per heavy atom. The van der Waals surface area contributed by atoms with Crippen molar-refractivity contribution >= 4 is 0 Å². The number of rotatable bonds is 6. The third-order valence-corrected chi connectivity index (χ3v) is 5.12. The molecular formula is C16H32N2. The van der Waals surface area contributed by atoms with E-state index in [9.17, 15) is 0 Å². The number of hydrogen-bond acceptors (Lipinski definition) is 2. The smallest absolute Gasteiger partial charge is 0.0219 e. The normalized spacial score (nSPS) is 31.8. The fraction of sp³-hybridized carbons (Fsp3) is 1.00. The molecule has 2 fully saturated rings. The van der Waals surface area contributed by atoms with E-state index in [0.717, 1.165) is 12.0 Å². The lowest BCUT2D eigenvalue weighted by Crippen LogP contribution is -2.58. The van der Waals surface area contributed by atoms with Crippen molar-refractivity contribution in [1.29, 1.82) is 0 Å². The number of nitrogens with zero attached hydrogens (tertiary/aromatic N) is 1. The Morgan fingerprint density at radius 2 is 2.00 bits per heavy atom. The van der Waals surface area contributed by atoms with Crippen LogP contribution in [0.25, 0.3) is 0 Å². The van der Waals surface area contributed by atoms with E-state index in [1.807, 2.05) is 0 Å². The zero-order chi connectivity index (χ0) is 13.2. The summed E-state index contributed by atoms with van der Waals surface area (Å²) >= 11 is 0. The van der Waals surface area contributed by atoms with Gasteiger partial charge in [0.05, 0.1) is 0 Å². The zero-order valence-corrected chi connectivity index (χ0v) is 12.8. The molecular weight excluding hydrogens is 220 g/mol. The largest absolute Gasteiger partial charge is 0.311 e. The van der Waals surface area contributed by atoms with Crippen LogP contribution in [0.15, 0.2) is 0 Å². The zero-order valence-electron chi connectivity index (χ0n) is 12.8. The first kappa shape index (κ1) is 14.3. The van der Waals surface area contributed by atoms with Crippen LogP contribution in [0.4, 0.5) is 0 Å². The second kappa shape index (κ2) is 5.92. The monoisotopic (exact) mass is 252 g/mol. The van der Waals surface area contributed by atoms with E-state index in [2.05, 4.69) is 37.9 Å². The van der Waals surface area contributed by atoms with E-state index in [-0.39, 0.29) is 0 Å². The molecule has 2 heteroatoms. The Hall–Kier alpha value is -0.0800. The van der Waals surface area contributed by atoms with Crippen LogP contribution in [-0.2, 0) is 0 Å². The number of nitrogens with one attached hydrogen (secondary N) is 1. The fourth-order valence-electron chi connectivity index (χ4n) is 3.55. The molecule has 0 aromatic rings. The maximum Gasteiger partial charge on any atom is 0.0219 e. The summed E-state index contributed by atoms with van der Waals surface area (Å²) in [4.78, 5) is 2.81. The van der Waals surface area contributed by atoms with Gasteiger partial charge < -0.3 is 5.32 Å². The summed E-state index contributed by atoms with van der Waals surface area (Å²) in [6.07, 6.45) is 7.05. The summed E-state index contributed by atoms with van der Waals surface area (Å²) in [5.41, 5.74) is 0.709. The van der Waals surface area contributed by atoms with Crippen molar-refractivity contribution in [1.82, 2.24) is 10.2 Å². The second-order valence-corrected chi connectivity index (χ2v) is 7.00. The Bertz CT molecular complexity index is 258. The molecule has 0 bridgehead atoms. The van der Waals surface area contributed by atoms with Gasteiger partial charge in [-0.15, -0.1) is 0 Å². The minimum Gasteiger partial charge on any atom is -0.311 e. The number of piperazine rings is 1. The molecule has 0 amide bonds. The highest BCUT2D eigenvalue weighted by Gasteiger charge is 2.44. The molecule has 1 saturated heterocycles. The van der Waals surface area contributed by atoms with E-state index < -0.39 is 0 Å². The molecule has 1 aliphatic carbocycles. The molecule has 1 heterocycles. The molecule has 1 aliphatic heterocycles. The van der Waals surface area contributed by atoms with Crippen molar-refractivity contribution in [3.8, 4) is 0 Å². The van der Waals surface area contributed by atoms with Crippen molar-refractivity contribution in [2.45, 2.75) is 71.9 Å². The van der Waals surface area contributed by atoms with Crippen LogP contribution in [0.2, 0.25) is 0 Å². The molecule has 18 heavy (non-hydrogen) atoms. The van der Waals surface area contributed by atoms with Crippen molar-refractivity contribution < 1.29 is 0 Å². The predicted octanol–water partition coefficient (Wildman–Crippen LogP) is 3.28. The average Bonchev–Trinajstić information content (AvgIpc) is 3.09. The average molecular weight is 252 g/mol. The van der Waals surface area contributed by atoms with Gasteiger partial charge in [-0.05, 0) is 37.0 Å².